The van der Waals surface area contributed by atoms with E-state index in [9.17, 15) is 0 Å². The highest BCUT2D eigenvalue weighted by Gasteiger charge is 2.32. The standard InChI is InChI=1S/C24H19BrS/c25-20-11-10-18-24(19-20)26(21-12-4-1-5-13-21,22-14-6-2-7-15-22)23-16-8-3-9-17-23/h1-19H. The first-order valence-corrected chi connectivity index (χ1v) is 11.0. The lowest BCUT2D eigenvalue weighted by molar-refractivity contribution is 1.24. The summed E-state index contributed by atoms with van der Waals surface area (Å²) in [5.41, 5.74) is 0. The summed E-state index contributed by atoms with van der Waals surface area (Å²) in [5, 5.41) is 0. The van der Waals surface area contributed by atoms with Crippen molar-refractivity contribution in [3.8, 4) is 0 Å². The molecule has 0 nitrogen and oxygen atoms in total. The van der Waals surface area contributed by atoms with Crippen LogP contribution in [-0.2, 0) is 0 Å². The summed E-state index contributed by atoms with van der Waals surface area (Å²) in [5.74, 6) is 0. The molecule has 4 aromatic carbocycles. The predicted octanol–water partition coefficient (Wildman–Crippen LogP) is 7.79. The third-order valence-corrected chi connectivity index (χ3v) is 8.83. The molecule has 128 valence electrons. The molecule has 0 N–H and O–H groups in total. The molecule has 0 saturated heterocycles. The Hall–Kier alpha value is -2.29. The molecule has 0 unspecified atom stereocenters. The minimum absolute atomic E-state index is 1.11. The van der Waals surface area contributed by atoms with E-state index in [0.717, 1.165) is 4.47 Å². The molecule has 0 aromatic heterocycles. The maximum absolute atomic E-state index is 3.69. The fourth-order valence-electron chi connectivity index (χ4n) is 3.35. The number of hydrogen-bond acceptors (Lipinski definition) is 0. The minimum Gasteiger partial charge on any atom is -0.133 e. The number of halogens is 1. The molecule has 0 aliphatic heterocycles. The van der Waals surface area contributed by atoms with Crippen molar-refractivity contribution in [1.82, 2.24) is 0 Å². The molecule has 4 aromatic rings. The first-order chi connectivity index (χ1) is 12.8. The molecule has 0 heterocycles. The molecule has 2 heteroatoms. The van der Waals surface area contributed by atoms with Gasteiger partial charge in [-0.2, -0.15) is 0 Å². The van der Waals surface area contributed by atoms with Crippen molar-refractivity contribution in [2.24, 2.45) is 0 Å². The van der Waals surface area contributed by atoms with Gasteiger partial charge in [0.2, 0.25) is 0 Å². The van der Waals surface area contributed by atoms with Crippen LogP contribution in [0.5, 0.6) is 0 Å². The van der Waals surface area contributed by atoms with Crippen LogP contribution in [0.1, 0.15) is 0 Å². The minimum atomic E-state index is -1.56. The van der Waals surface area contributed by atoms with Gasteiger partial charge in [-0.25, -0.2) is 0 Å². The molecule has 26 heavy (non-hydrogen) atoms. The number of rotatable bonds is 4. The first-order valence-electron chi connectivity index (χ1n) is 8.56. The lowest BCUT2D eigenvalue weighted by Crippen LogP contribution is -2.04. The topological polar surface area (TPSA) is 0 Å². The summed E-state index contributed by atoms with van der Waals surface area (Å²) < 4.78 is 1.11. The smallest absolute Gasteiger partial charge is 0.0186 e. The summed E-state index contributed by atoms with van der Waals surface area (Å²) in [7, 11) is -1.56. The van der Waals surface area contributed by atoms with Crippen LogP contribution in [-0.4, -0.2) is 0 Å². The summed E-state index contributed by atoms with van der Waals surface area (Å²) >= 11 is 3.69. The van der Waals surface area contributed by atoms with E-state index >= 15 is 0 Å². The molecular formula is C24H19BrS. The molecule has 0 aliphatic carbocycles. The van der Waals surface area contributed by atoms with Crippen molar-refractivity contribution >= 4 is 26.0 Å². The Morgan fingerprint density at radius 3 is 1.19 bits per heavy atom. The van der Waals surface area contributed by atoms with Gasteiger partial charge in [-0.05, 0) is 54.6 Å². The SMILES string of the molecule is Brc1cccc(S(c2ccccc2)(c2ccccc2)c2ccccc2)c1. The average Bonchev–Trinajstić information content (AvgIpc) is 2.71. The fourth-order valence-corrected chi connectivity index (χ4v) is 7.81. The summed E-state index contributed by atoms with van der Waals surface area (Å²) in [4.78, 5) is 5.36. The molecule has 4 rings (SSSR count). The second-order valence-corrected chi connectivity index (χ2v) is 10.0. The van der Waals surface area contributed by atoms with Gasteiger partial charge in [-0.3, -0.25) is 0 Å². The fraction of sp³-hybridized carbons (Fsp3) is 0. The zero-order valence-electron chi connectivity index (χ0n) is 14.3. The summed E-state index contributed by atoms with van der Waals surface area (Å²) in [6, 6.07) is 41.4. The van der Waals surface area contributed by atoms with E-state index in [0.29, 0.717) is 0 Å². The van der Waals surface area contributed by atoms with Gasteiger partial charge in [0.25, 0.3) is 0 Å². The molecular weight excluding hydrogens is 400 g/mol. The summed E-state index contributed by atoms with van der Waals surface area (Å²) in [6.45, 7) is 0. The van der Waals surface area contributed by atoms with Crippen molar-refractivity contribution < 1.29 is 0 Å². The van der Waals surface area contributed by atoms with Crippen LogP contribution in [0.3, 0.4) is 0 Å². The molecule has 0 fully saturated rings. The van der Waals surface area contributed by atoms with E-state index in [4.69, 9.17) is 0 Å². The molecule has 0 aliphatic rings. The third-order valence-electron chi connectivity index (χ3n) is 4.44. The lowest BCUT2D eigenvalue weighted by Gasteiger charge is -2.42. The molecule has 0 spiro atoms. The second kappa shape index (κ2) is 7.53. The Bertz CT molecular complexity index is 885. The lowest BCUT2D eigenvalue weighted by atomic mass is 10.3. The Kier molecular flexibility index (Phi) is 4.96. The van der Waals surface area contributed by atoms with Crippen molar-refractivity contribution in [2.45, 2.75) is 19.6 Å². The largest absolute Gasteiger partial charge is 0.133 e. The van der Waals surface area contributed by atoms with E-state index in [1.807, 2.05) is 0 Å². The van der Waals surface area contributed by atoms with E-state index in [1.54, 1.807) is 0 Å². The quantitative estimate of drug-likeness (QED) is 0.317. The predicted molar refractivity (Wildman–Crippen MR) is 114 cm³/mol. The van der Waals surface area contributed by atoms with Crippen LogP contribution in [0.2, 0.25) is 0 Å². The average molecular weight is 419 g/mol. The molecule has 0 saturated carbocycles. The maximum Gasteiger partial charge on any atom is 0.0186 e. The zero-order chi connectivity index (χ0) is 17.8. The second-order valence-electron chi connectivity index (χ2n) is 6.01. The van der Waals surface area contributed by atoms with Gasteiger partial charge in [0.1, 0.15) is 0 Å². The summed E-state index contributed by atoms with van der Waals surface area (Å²) in [6.07, 6.45) is 0. The van der Waals surface area contributed by atoms with Crippen LogP contribution in [0, 0.1) is 0 Å². The van der Waals surface area contributed by atoms with Gasteiger partial charge in [-0.15, -0.1) is 10.0 Å². The first kappa shape index (κ1) is 17.1. The normalized spacial score (nSPS) is 11.9. The Morgan fingerprint density at radius 1 is 0.423 bits per heavy atom. The number of hydrogen-bond donors (Lipinski definition) is 0. The Labute approximate surface area is 165 Å². The Balaban J connectivity index is 2.14. The van der Waals surface area contributed by atoms with Gasteiger partial charge in [0, 0.05) is 24.1 Å². The third kappa shape index (κ3) is 3.00. The highest BCUT2D eigenvalue weighted by Crippen LogP contribution is 2.73. The maximum atomic E-state index is 3.69. The molecule has 0 amide bonds. The Morgan fingerprint density at radius 2 is 0.808 bits per heavy atom. The van der Waals surface area contributed by atoms with Crippen LogP contribution < -0.4 is 0 Å². The van der Waals surface area contributed by atoms with Crippen LogP contribution in [0.4, 0.5) is 0 Å². The van der Waals surface area contributed by atoms with Gasteiger partial charge in [-0.1, -0.05) is 76.6 Å². The molecule has 0 radical (unpaired) electrons. The highest BCUT2D eigenvalue weighted by atomic mass is 79.9. The molecule has 0 atom stereocenters. The van der Waals surface area contributed by atoms with Gasteiger partial charge in [0.05, 0.1) is 0 Å². The van der Waals surface area contributed by atoms with E-state index in [1.165, 1.54) is 19.6 Å². The van der Waals surface area contributed by atoms with Gasteiger partial charge in [0.15, 0.2) is 0 Å². The van der Waals surface area contributed by atoms with Crippen molar-refractivity contribution in [3.05, 3.63) is 120 Å². The van der Waals surface area contributed by atoms with Gasteiger partial charge >= 0.3 is 0 Å². The van der Waals surface area contributed by atoms with Crippen molar-refractivity contribution in [3.63, 3.8) is 0 Å². The van der Waals surface area contributed by atoms with Crippen molar-refractivity contribution in [2.75, 3.05) is 0 Å². The van der Waals surface area contributed by atoms with Crippen molar-refractivity contribution in [1.29, 1.82) is 0 Å². The molecule has 0 bridgehead atoms. The number of benzene rings is 4. The van der Waals surface area contributed by atoms with Gasteiger partial charge < -0.3 is 0 Å². The van der Waals surface area contributed by atoms with E-state index < -0.39 is 10.0 Å². The monoisotopic (exact) mass is 418 g/mol. The highest BCUT2D eigenvalue weighted by molar-refractivity contribution is 9.10. The van der Waals surface area contributed by atoms with E-state index in [2.05, 4.69) is 131 Å². The van der Waals surface area contributed by atoms with Crippen LogP contribution >= 0.6 is 26.0 Å². The zero-order valence-corrected chi connectivity index (χ0v) is 16.7. The van der Waals surface area contributed by atoms with Crippen LogP contribution in [0.25, 0.3) is 0 Å². The van der Waals surface area contributed by atoms with E-state index in [-0.39, 0.29) is 0 Å². The van der Waals surface area contributed by atoms with Crippen LogP contribution in [0.15, 0.2) is 139 Å².